The molecule has 12 heteroatoms. The highest BCUT2D eigenvalue weighted by atomic mass is 16.7. The molecule has 174 valence electrons. The Morgan fingerprint density at radius 3 is 2.00 bits per heavy atom. The third-order valence-corrected chi connectivity index (χ3v) is 4.37. The summed E-state index contributed by atoms with van der Waals surface area (Å²) in [5, 5.41) is 0. The average molecular weight is 453 g/mol. The molecule has 5 atom stereocenters. The Hall–Kier alpha value is -3.54. The molecule has 2 heterocycles. The first kappa shape index (κ1) is 24.7. The van der Waals surface area contributed by atoms with Gasteiger partial charge in [0.25, 0.3) is 5.91 Å². The Labute approximate surface area is 183 Å². The van der Waals surface area contributed by atoms with Gasteiger partial charge in [0.05, 0.1) is 0 Å². The maximum absolute atomic E-state index is 11.8. The van der Waals surface area contributed by atoms with E-state index in [2.05, 4.69) is 0 Å². The number of ether oxygens (including phenoxy) is 5. The van der Waals surface area contributed by atoms with E-state index < -0.39 is 60.4 Å². The van der Waals surface area contributed by atoms with Gasteiger partial charge < -0.3 is 29.4 Å². The Bertz CT molecular complexity index is 902. The van der Waals surface area contributed by atoms with Crippen LogP contribution in [0.25, 0.3) is 0 Å². The van der Waals surface area contributed by atoms with Crippen molar-refractivity contribution in [3.05, 3.63) is 30.1 Å². The first-order valence-corrected chi connectivity index (χ1v) is 9.60. The van der Waals surface area contributed by atoms with Crippen molar-refractivity contribution < 1.29 is 52.2 Å². The molecule has 1 fully saturated rings. The lowest BCUT2D eigenvalue weighted by Crippen LogP contribution is -2.65. The van der Waals surface area contributed by atoms with Crippen LogP contribution in [0.2, 0.25) is 0 Å². The van der Waals surface area contributed by atoms with Gasteiger partial charge in [-0.1, -0.05) is 0 Å². The first-order valence-electron chi connectivity index (χ1n) is 9.60. The van der Waals surface area contributed by atoms with Crippen molar-refractivity contribution in [2.75, 3.05) is 6.61 Å². The van der Waals surface area contributed by atoms with Crippen LogP contribution in [0, 0.1) is 0 Å². The van der Waals surface area contributed by atoms with E-state index in [0.29, 0.717) is 0 Å². The molecule has 1 saturated heterocycles. The van der Waals surface area contributed by atoms with Crippen molar-refractivity contribution >= 4 is 29.8 Å². The Morgan fingerprint density at radius 2 is 1.47 bits per heavy atom. The van der Waals surface area contributed by atoms with Crippen molar-refractivity contribution in [2.45, 2.75) is 58.3 Å². The third kappa shape index (κ3) is 6.48. The minimum absolute atomic E-state index is 0.125. The standard InChI is InChI=1S/C20H24N2O10/c1-10(23)28-9-15-16(29-11(2)24)17(30-12(3)25)18(31-13(4)26)20(32-15)22-7-5-6-14(8-22)19(21)27/h5-8,15-18,20H,9H2,1-4H3,(H-,21,27)/p+1/t15-,16+,17+,18+,20-/m1/s1. The lowest BCUT2D eigenvalue weighted by Gasteiger charge is -2.41. The number of amides is 1. The predicted octanol–water partition coefficient (Wildman–Crippen LogP) is -0.671. The normalized spacial score (nSPS) is 24.7. The summed E-state index contributed by atoms with van der Waals surface area (Å²) in [6.45, 7) is 4.22. The molecular formula is C20H25N2O10+. The van der Waals surface area contributed by atoms with Crippen LogP contribution >= 0.6 is 0 Å². The number of carbonyl (C=O) groups is 5. The molecule has 2 rings (SSSR count). The van der Waals surface area contributed by atoms with Crippen molar-refractivity contribution in [2.24, 2.45) is 5.73 Å². The van der Waals surface area contributed by atoms with Gasteiger partial charge >= 0.3 is 30.1 Å². The smallest absolute Gasteiger partial charge is 0.304 e. The zero-order valence-electron chi connectivity index (χ0n) is 18.0. The SMILES string of the molecule is CC(=O)OC[C@H]1O[C@@H]([n+]2cccc(C(N)=O)c2)[C@@H](OC(C)=O)[C@@H](OC(C)=O)[C@H]1OC(C)=O. The first-order chi connectivity index (χ1) is 15.0. The van der Waals surface area contributed by atoms with Gasteiger partial charge in [0.2, 0.25) is 6.10 Å². The van der Waals surface area contributed by atoms with Crippen molar-refractivity contribution in [3.63, 3.8) is 0 Å². The Kier molecular flexibility index (Phi) is 8.24. The maximum atomic E-state index is 11.8. The van der Waals surface area contributed by atoms with Crippen LogP contribution in [-0.2, 0) is 42.9 Å². The molecule has 1 aliphatic rings. The van der Waals surface area contributed by atoms with E-state index in [1.807, 2.05) is 0 Å². The average Bonchev–Trinajstić information content (AvgIpc) is 2.68. The fourth-order valence-corrected chi connectivity index (χ4v) is 3.24. The Balaban J connectivity index is 2.58. The number of aromatic nitrogens is 1. The molecule has 0 radical (unpaired) electrons. The molecule has 2 N–H and O–H groups in total. The van der Waals surface area contributed by atoms with E-state index in [1.54, 1.807) is 0 Å². The highest BCUT2D eigenvalue weighted by Gasteiger charge is 2.56. The molecule has 12 nitrogen and oxygen atoms in total. The van der Waals surface area contributed by atoms with Crippen molar-refractivity contribution in [1.29, 1.82) is 0 Å². The minimum atomic E-state index is -1.32. The maximum Gasteiger partial charge on any atom is 0.304 e. The molecule has 0 bridgehead atoms. The topological polar surface area (TPSA) is 161 Å². The number of nitrogens with two attached hydrogens (primary N) is 1. The fourth-order valence-electron chi connectivity index (χ4n) is 3.24. The van der Waals surface area contributed by atoms with Gasteiger partial charge in [-0.15, -0.1) is 0 Å². The number of hydrogen-bond acceptors (Lipinski definition) is 10. The number of nitrogens with zero attached hydrogens (tertiary/aromatic N) is 1. The zero-order valence-corrected chi connectivity index (χ0v) is 18.0. The summed E-state index contributed by atoms with van der Waals surface area (Å²) in [6.07, 6.45) is -3.27. The molecule has 0 spiro atoms. The van der Waals surface area contributed by atoms with E-state index in [1.165, 1.54) is 36.0 Å². The minimum Gasteiger partial charge on any atom is -0.463 e. The van der Waals surface area contributed by atoms with Crippen LogP contribution in [0.1, 0.15) is 44.3 Å². The van der Waals surface area contributed by atoms with Crippen LogP contribution in [0.3, 0.4) is 0 Å². The Morgan fingerprint density at radius 1 is 0.906 bits per heavy atom. The second-order valence-corrected chi connectivity index (χ2v) is 6.99. The van der Waals surface area contributed by atoms with E-state index >= 15 is 0 Å². The summed E-state index contributed by atoms with van der Waals surface area (Å²) < 4.78 is 28.4. The van der Waals surface area contributed by atoms with Crippen LogP contribution in [0.4, 0.5) is 0 Å². The second-order valence-electron chi connectivity index (χ2n) is 6.99. The number of rotatable bonds is 7. The van der Waals surface area contributed by atoms with Crippen LogP contribution in [0.15, 0.2) is 24.5 Å². The molecule has 1 aliphatic heterocycles. The number of carbonyl (C=O) groups excluding carboxylic acids is 5. The second kappa shape index (κ2) is 10.7. The summed E-state index contributed by atoms with van der Waals surface area (Å²) >= 11 is 0. The van der Waals surface area contributed by atoms with Gasteiger partial charge in [0.1, 0.15) is 18.3 Å². The van der Waals surface area contributed by atoms with E-state index in [9.17, 15) is 24.0 Å². The summed E-state index contributed by atoms with van der Waals surface area (Å²) in [5.41, 5.74) is 5.47. The van der Waals surface area contributed by atoms with Crippen molar-refractivity contribution in [3.8, 4) is 0 Å². The van der Waals surface area contributed by atoms with Crippen LogP contribution in [0.5, 0.6) is 0 Å². The summed E-state index contributed by atoms with van der Waals surface area (Å²) in [5.74, 6) is -3.54. The highest BCUT2D eigenvalue weighted by molar-refractivity contribution is 5.92. The summed E-state index contributed by atoms with van der Waals surface area (Å²) in [4.78, 5) is 58.4. The molecule has 0 unspecified atom stereocenters. The third-order valence-electron chi connectivity index (χ3n) is 4.37. The van der Waals surface area contributed by atoms with Crippen LogP contribution in [-0.4, -0.2) is 60.8 Å². The highest BCUT2D eigenvalue weighted by Crippen LogP contribution is 2.32. The lowest BCUT2D eigenvalue weighted by molar-refractivity contribution is -0.777. The monoisotopic (exact) mass is 453 g/mol. The van der Waals surface area contributed by atoms with Crippen LogP contribution < -0.4 is 10.3 Å². The number of pyridine rings is 1. The molecule has 0 aliphatic carbocycles. The van der Waals surface area contributed by atoms with E-state index in [0.717, 1.165) is 20.8 Å². The molecule has 0 saturated carbocycles. The molecule has 32 heavy (non-hydrogen) atoms. The summed E-state index contributed by atoms with van der Waals surface area (Å²) in [7, 11) is 0. The number of hydrogen-bond donors (Lipinski definition) is 1. The number of esters is 4. The van der Waals surface area contributed by atoms with Gasteiger partial charge in [-0.25, -0.2) is 0 Å². The van der Waals surface area contributed by atoms with Gasteiger partial charge in [-0.05, 0) is 6.07 Å². The van der Waals surface area contributed by atoms with Crippen molar-refractivity contribution in [1.82, 2.24) is 0 Å². The largest absolute Gasteiger partial charge is 0.463 e. The van der Waals surface area contributed by atoms with Gasteiger partial charge in [0.15, 0.2) is 24.6 Å². The number of primary amides is 1. The molecule has 1 aromatic rings. The van der Waals surface area contributed by atoms with Gasteiger partial charge in [-0.3, -0.25) is 24.0 Å². The van der Waals surface area contributed by atoms with E-state index in [4.69, 9.17) is 29.4 Å². The zero-order chi connectivity index (χ0) is 24.0. The summed E-state index contributed by atoms with van der Waals surface area (Å²) in [6, 6.07) is 2.97. The lowest BCUT2D eigenvalue weighted by atomic mass is 9.97. The molecular weight excluding hydrogens is 428 g/mol. The van der Waals surface area contributed by atoms with Gasteiger partial charge in [-0.2, -0.15) is 4.57 Å². The van der Waals surface area contributed by atoms with Gasteiger partial charge in [0, 0.05) is 33.8 Å². The fraction of sp³-hybridized carbons (Fsp3) is 0.500. The van der Waals surface area contributed by atoms with E-state index in [-0.39, 0.29) is 12.2 Å². The molecule has 1 amide bonds. The molecule has 1 aromatic heterocycles. The molecule has 0 aromatic carbocycles. The predicted molar refractivity (Wildman–Crippen MR) is 102 cm³/mol. The quantitative estimate of drug-likeness (QED) is 0.318.